The summed E-state index contributed by atoms with van der Waals surface area (Å²) in [6.45, 7) is 0.446. The molecule has 0 spiro atoms. The molecule has 70 valence electrons. The lowest BCUT2D eigenvalue weighted by molar-refractivity contribution is -0.146. The van der Waals surface area contributed by atoms with E-state index in [9.17, 15) is 4.79 Å². The monoisotopic (exact) mass is 180 g/mol. The molecule has 0 aliphatic rings. The predicted molar refractivity (Wildman–Crippen MR) is 48.1 cm³/mol. The van der Waals surface area contributed by atoms with Gasteiger partial charge in [0.1, 0.15) is 6.61 Å². The van der Waals surface area contributed by atoms with Crippen molar-refractivity contribution in [1.82, 2.24) is 0 Å². The van der Waals surface area contributed by atoms with Crippen molar-refractivity contribution >= 4 is 5.97 Å². The van der Waals surface area contributed by atoms with Gasteiger partial charge in [-0.3, -0.25) is 0 Å². The van der Waals surface area contributed by atoms with Crippen molar-refractivity contribution < 1.29 is 14.3 Å². The van der Waals surface area contributed by atoms with Crippen LogP contribution in [0.4, 0.5) is 0 Å². The van der Waals surface area contributed by atoms with E-state index in [0.29, 0.717) is 6.61 Å². The van der Waals surface area contributed by atoms with Crippen molar-refractivity contribution in [3.63, 3.8) is 0 Å². The lowest BCUT2D eigenvalue weighted by Crippen LogP contribution is -2.09. The minimum atomic E-state index is -0.351. The summed E-state index contributed by atoms with van der Waals surface area (Å²) < 4.78 is 9.52. The fraction of sp³-hybridized carbons (Fsp3) is 0.300. The van der Waals surface area contributed by atoms with E-state index in [2.05, 4.69) is 4.74 Å². The van der Waals surface area contributed by atoms with Crippen molar-refractivity contribution in [1.29, 1.82) is 0 Å². The van der Waals surface area contributed by atoms with Gasteiger partial charge in [0, 0.05) is 0 Å². The topological polar surface area (TPSA) is 35.5 Å². The van der Waals surface area contributed by atoms with Gasteiger partial charge in [0.05, 0.1) is 13.7 Å². The summed E-state index contributed by atoms with van der Waals surface area (Å²) in [6, 6.07) is 9.67. The van der Waals surface area contributed by atoms with Crippen LogP contribution in [0.5, 0.6) is 0 Å². The van der Waals surface area contributed by atoms with E-state index in [1.807, 2.05) is 30.3 Å². The number of hydrogen-bond donors (Lipinski definition) is 0. The molecule has 1 aromatic rings. The summed E-state index contributed by atoms with van der Waals surface area (Å²) in [6.07, 6.45) is 0. The molecule has 0 aliphatic carbocycles. The second kappa shape index (κ2) is 5.32. The molecule has 0 bridgehead atoms. The first-order valence-electron chi connectivity index (χ1n) is 4.01. The largest absolute Gasteiger partial charge is 0.467 e. The molecule has 0 saturated heterocycles. The summed E-state index contributed by atoms with van der Waals surface area (Å²) >= 11 is 0. The smallest absolute Gasteiger partial charge is 0.331 e. The summed E-state index contributed by atoms with van der Waals surface area (Å²) in [7, 11) is 1.34. The van der Waals surface area contributed by atoms with Gasteiger partial charge in [-0.25, -0.2) is 4.79 Å². The van der Waals surface area contributed by atoms with Crippen molar-refractivity contribution in [2.45, 2.75) is 6.61 Å². The molecule has 0 unspecified atom stereocenters. The maximum atomic E-state index is 10.7. The number of hydrogen-bond acceptors (Lipinski definition) is 3. The van der Waals surface area contributed by atoms with Crippen molar-refractivity contribution in [3.8, 4) is 0 Å². The van der Waals surface area contributed by atoms with Gasteiger partial charge in [0.15, 0.2) is 0 Å². The fourth-order valence-electron chi connectivity index (χ4n) is 0.885. The molecular formula is C10H12O3. The lowest BCUT2D eigenvalue weighted by Gasteiger charge is -2.02. The van der Waals surface area contributed by atoms with Gasteiger partial charge in [-0.15, -0.1) is 0 Å². The van der Waals surface area contributed by atoms with Crippen molar-refractivity contribution in [2.24, 2.45) is 0 Å². The molecule has 1 aromatic carbocycles. The molecule has 3 heteroatoms. The molecule has 1 rings (SSSR count). The molecule has 0 saturated carbocycles. The first-order chi connectivity index (χ1) is 6.33. The molecule has 0 amide bonds. The Hall–Kier alpha value is -1.35. The Morgan fingerprint density at radius 2 is 2.00 bits per heavy atom. The Morgan fingerprint density at radius 3 is 2.62 bits per heavy atom. The molecule has 0 aromatic heterocycles. The molecule has 0 N–H and O–H groups in total. The molecule has 13 heavy (non-hydrogen) atoms. The predicted octanol–water partition coefficient (Wildman–Crippen LogP) is 1.38. The van der Waals surface area contributed by atoms with Crippen LogP contribution in [0.15, 0.2) is 30.3 Å². The van der Waals surface area contributed by atoms with Gasteiger partial charge in [-0.1, -0.05) is 30.3 Å². The number of benzene rings is 1. The fourth-order valence-corrected chi connectivity index (χ4v) is 0.885. The van der Waals surface area contributed by atoms with Gasteiger partial charge in [0.25, 0.3) is 0 Å². The SMILES string of the molecule is COC(=O)COCc1ccccc1. The zero-order valence-electron chi connectivity index (χ0n) is 7.53. The van der Waals surface area contributed by atoms with Crippen LogP contribution in [0.3, 0.4) is 0 Å². The number of carbonyl (C=O) groups is 1. The molecule has 0 atom stereocenters. The number of rotatable bonds is 4. The summed E-state index contributed by atoms with van der Waals surface area (Å²) in [4.78, 5) is 10.7. The highest BCUT2D eigenvalue weighted by atomic mass is 16.6. The standard InChI is InChI=1S/C10H12O3/c1-12-10(11)8-13-7-9-5-3-2-4-6-9/h2-6H,7-8H2,1H3. The lowest BCUT2D eigenvalue weighted by atomic mass is 10.2. The van der Waals surface area contributed by atoms with Crippen LogP contribution in [0, 0.1) is 0 Å². The zero-order valence-corrected chi connectivity index (χ0v) is 7.53. The highest BCUT2D eigenvalue weighted by molar-refractivity contribution is 5.70. The van der Waals surface area contributed by atoms with E-state index in [-0.39, 0.29) is 12.6 Å². The van der Waals surface area contributed by atoms with E-state index < -0.39 is 0 Å². The second-order valence-corrected chi connectivity index (χ2v) is 2.55. The third-order valence-electron chi connectivity index (χ3n) is 1.56. The van der Waals surface area contributed by atoms with Crippen molar-refractivity contribution in [2.75, 3.05) is 13.7 Å². The third kappa shape index (κ3) is 3.71. The Bertz CT molecular complexity index is 256. The summed E-state index contributed by atoms with van der Waals surface area (Å²) in [5.74, 6) is -0.351. The van der Waals surface area contributed by atoms with Gasteiger partial charge in [-0.05, 0) is 5.56 Å². The molecule has 0 heterocycles. The van der Waals surface area contributed by atoms with E-state index in [0.717, 1.165) is 5.56 Å². The minimum absolute atomic E-state index is 0.00535. The first-order valence-corrected chi connectivity index (χ1v) is 4.01. The number of ether oxygens (including phenoxy) is 2. The third-order valence-corrected chi connectivity index (χ3v) is 1.56. The highest BCUT2D eigenvalue weighted by Gasteiger charge is 1.99. The average Bonchev–Trinajstić information content (AvgIpc) is 2.19. The molecule has 3 nitrogen and oxygen atoms in total. The van der Waals surface area contributed by atoms with Crippen LogP contribution < -0.4 is 0 Å². The Morgan fingerprint density at radius 1 is 1.31 bits per heavy atom. The van der Waals surface area contributed by atoms with Crippen LogP contribution in [-0.2, 0) is 20.9 Å². The molecule has 0 fully saturated rings. The number of carbonyl (C=O) groups excluding carboxylic acids is 1. The van der Waals surface area contributed by atoms with E-state index >= 15 is 0 Å². The summed E-state index contributed by atoms with van der Waals surface area (Å²) in [5.41, 5.74) is 1.05. The minimum Gasteiger partial charge on any atom is -0.467 e. The maximum absolute atomic E-state index is 10.7. The Balaban J connectivity index is 2.24. The van der Waals surface area contributed by atoms with Gasteiger partial charge < -0.3 is 9.47 Å². The van der Waals surface area contributed by atoms with Crippen LogP contribution in [0.1, 0.15) is 5.56 Å². The van der Waals surface area contributed by atoms with E-state index in [4.69, 9.17) is 4.74 Å². The molecule has 0 aliphatic heterocycles. The average molecular weight is 180 g/mol. The van der Waals surface area contributed by atoms with Crippen LogP contribution >= 0.6 is 0 Å². The number of esters is 1. The van der Waals surface area contributed by atoms with Gasteiger partial charge in [0.2, 0.25) is 0 Å². The first kappa shape index (κ1) is 9.74. The van der Waals surface area contributed by atoms with E-state index in [1.54, 1.807) is 0 Å². The molecular weight excluding hydrogens is 168 g/mol. The Labute approximate surface area is 77.3 Å². The highest BCUT2D eigenvalue weighted by Crippen LogP contribution is 1.99. The summed E-state index contributed by atoms with van der Waals surface area (Å²) in [5, 5.41) is 0. The quantitative estimate of drug-likeness (QED) is 0.656. The van der Waals surface area contributed by atoms with Crippen LogP contribution in [-0.4, -0.2) is 19.7 Å². The number of methoxy groups -OCH3 is 1. The van der Waals surface area contributed by atoms with Crippen LogP contribution in [0.25, 0.3) is 0 Å². The van der Waals surface area contributed by atoms with E-state index in [1.165, 1.54) is 7.11 Å². The Kier molecular flexibility index (Phi) is 3.99. The normalized spacial score (nSPS) is 9.62. The van der Waals surface area contributed by atoms with Crippen molar-refractivity contribution in [3.05, 3.63) is 35.9 Å². The zero-order chi connectivity index (χ0) is 9.52. The van der Waals surface area contributed by atoms with Gasteiger partial charge >= 0.3 is 5.97 Å². The maximum Gasteiger partial charge on any atom is 0.331 e. The molecule has 0 radical (unpaired) electrons. The van der Waals surface area contributed by atoms with Gasteiger partial charge in [-0.2, -0.15) is 0 Å². The second-order valence-electron chi connectivity index (χ2n) is 2.55. The van der Waals surface area contributed by atoms with Crippen LogP contribution in [0.2, 0.25) is 0 Å².